The molecule has 1 aromatic carbocycles. The highest BCUT2D eigenvalue weighted by Gasteiger charge is 2.35. The number of hydrogen-bond acceptors (Lipinski definition) is 9. The third-order valence-electron chi connectivity index (χ3n) is 10.1. The Labute approximate surface area is 294 Å². The zero-order valence-corrected chi connectivity index (χ0v) is 29.6. The number of amides is 1. The predicted molar refractivity (Wildman–Crippen MR) is 195 cm³/mol. The minimum Gasteiger partial charge on any atom is -0.367 e. The summed E-state index contributed by atoms with van der Waals surface area (Å²) < 4.78 is 34.4. The molecule has 2 bridgehead atoms. The number of fused-ring (bicyclic) bond motifs is 5. The molecule has 6 heterocycles. The van der Waals surface area contributed by atoms with Crippen molar-refractivity contribution in [1.82, 2.24) is 29.7 Å². The van der Waals surface area contributed by atoms with Crippen LogP contribution in [0.15, 0.2) is 58.9 Å². The quantitative estimate of drug-likeness (QED) is 0.276. The van der Waals surface area contributed by atoms with Crippen LogP contribution in [0.25, 0.3) is 28.0 Å². The largest absolute Gasteiger partial charge is 0.367 e. The lowest BCUT2D eigenvalue weighted by atomic mass is 10.00. The van der Waals surface area contributed by atoms with Gasteiger partial charge in [0.25, 0.3) is 0 Å². The molecule has 0 spiro atoms. The molecule has 0 aliphatic carbocycles. The van der Waals surface area contributed by atoms with E-state index in [2.05, 4.69) is 21.8 Å². The van der Waals surface area contributed by atoms with Crippen molar-refractivity contribution < 1.29 is 13.6 Å². The fourth-order valence-electron chi connectivity index (χ4n) is 7.62. The zero-order valence-electron chi connectivity index (χ0n) is 28.8. The second-order valence-electron chi connectivity index (χ2n) is 13.6. The third kappa shape index (κ3) is 5.93. The van der Waals surface area contributed by atoms with E-state index in [-0.39, 0.29) is 52.7 Å². The van der Waals surface area contributed by atoms with Crippen molar-refractivity contribution >= 4 is 40.2 Å². The molecule has 10 nitrogen and oxygen atoms in total. The van der Waals surface area contributed by atoms with Gasteiger partial charge in [-0.1, -0.05) is 26.5 Å². The second kappa shape index (κ2) is 13.7. The zero-order chi connectivity index (χ0) is 35.3. The van der Waals surface area contributed by atoms with Gasteiger partial charge in [0.15, 0.2) is 11.5 Å². The van der Waals surface area contributed by atoms with Crippen LogP contribution in [-0.2, 0) is 4.79 Å². The van der Waals surface area contributed by atoms with Crippen molar-refractivity contribution in [3.05, 3.63) is 77.0 Å². The molecule has 3 aliphatic heterocycles. The fourth-order valence-corrected chi connectivity index (χ4v) is 8.62. The first kappa shape index (κ1) is 34.1. The lowest BCUT2D eigenvalue weighted by Crippen LogP contribution is -2.58. The first-order valence-electron chi connectivity index (χ1n) is 17.3. The predicted octanol–water partition coefficient (Wildman–Crippen LogP) is 5.52. The van der Waals surface area contributed by atoms with Gasteiger partial charge in [-0.2, -0.15) is 4.98 Å². The van der Waals surface area contributed by atoms with Gasteiger partial charge in [-0.3, -0.25) is 9.78 Å². The molecule has 4 aromatic rings. The summed E-state index contributed by atoms with van der Waals surface area (Å²) in [6.07, 6.45) is 4.78. The minimum absolute atomic E-state index is 0.0687. The molecular formula is C37H42F2N8O2S. The summed E-state index contributed by atoms with van der Waals surface area (Å²) in [6, 6.07) is 7.70. The molecule has 2 saturated heterocycles. The number of aromatic nitrogens is 4. The van der Waals surface area contributed by atoms with E-state index in [1.807, 2.05) is 44.7 Å². The Morgan fingerprint density at radius 1 is 1.06 bits per heavy atom. The Balaban J connectivity index is 1.53. The van der Waals surface area contributed by atoms with Gasteiger partial charge in [-0.15, -0.1) is 11.8 Å². The maximum absolute atomic E-state index is 16.8. The molecule has 0 radical (unpaired) electrons. The van der Waals surface area contributed by atoms with Crippen LogP contribution in [-0.4, -0.2) is 86.9 Å². The van der Waals surface area contributed by atoms with E-state index in [0.717, 1.165) is 30.8 Å². The average Bonchev–Trinajstić information content (AvgIpc) is 3.10. The number of anilines is 2. The van der Waals surface area contributed by atoms with Gasteiger partial charge >= 0.3 is 5.69 Å². The Bertz CT molecular complexity index is 2030. The fraction of sp³-hybridized carbons (Fsp3) is 0.432. The van der Waals surface area contributed by atoms with Crippen LogP contribution in [0.3, 0.4) is 0 Å². The van der Waals surface area contributed by atoms with Crippen LogP contribution in [0.2, 0.25) is 0 Å². The van der Waals surface area contributed by atoms with Crippen LogP contribution in [0.4, 0.5) is 20.3 Å². The molecule has 1 N–H and O–H groups in total. The first-order valence-corrected chi connectivity index (χ1v) is 18.3. The van der Waals surface area contributed by atoms with E-state index in [4.69, 9.17) is 9.97 Å². The number of carbonyl (C=O) groups excluding carboxylic acids is 1. The lowest BCUT2D eigenvalue weighted by molar-refractivity contribution is -0.128. The van der Waals surface area contributed by atoms with Crippen LogP contribution < -0.4 is 20.8 Å². The van der Waals surface area contributed by atoms with E-state index in [1.165, 1.54) is 22.8 Å². The van der Waals surface area contributed by atoms with Gasteiger partial charge in [-0.05, 0) is 76.0 Å². The molecule has 13 heteroatoms. The highest BCUT2D eigenvalue weighted by molar-refractivity contribution is 7.99. The van der Waals surface area contributed by atoms with Gasteiger partial charge in [0.2, 0.25) is 5.91 Å². The Morgan fingerprint density at radius 3 is 2.58 bits per heavy atom. The maximum atomic E-state index is 16.8. The van der Waals surface area contributed by atoms with Gasteiger partial charge in [0, 0.05) is 60.3 Å². The standard InChI is InChI=1S/C37H42F2N8O2S/c1-6-30(48)45-19-23(5)46(20-22(45)4)35-25-18-27(39)33-31-26(38)8-7-9-28(31)44(24-10-13-40-14-11-24)16-17-50-29-12-15-41-32(21(2)3)34(29)47(36(25)42-33)37(49)43-35/h6-9,12,15,18,21-24,40H,1,10-11,13-14,16-17,19-20H2,2-5H3/t22-,23+/m1/s1. The minimum atomic E-state index is -0.717. The summed E-state index contributed by atoms with van der Waals surface area (Å²) in [6.45, 7) is 14.5. The summed E-state index contributed by atoms with van der Waals surface area (Å²) in [7, 11) is 0. The number of nitrogens with zero attached hydrogens (tertiary/aromatic N) is 7. The number of rotatable bonds is 4. The second-order valence-corrected chi connectivity index (χ2v) is 14.8. The van der Waals surface area contributed by atoms with Gasteiger partial charge in [-0.25, -0.2) is 23.1 Å². The molecule has 262 valence electrons. The lowest BCUT2D eigenvalue weighted by Gasteiger charge is -2.44. The summed E-state index contributed by atoms with van der Waals surface area (Å²) in [5.41, 5.74) is 1.29. The first-order chi connectivity index (χ1) is 24.1. The molecule has 2 atom stereocenters. The maximum Gasteiger partial charge on any atom is 0.355 e. The Hall–Kier alpha value is -4.36. The summed E-state index contributed by atoms with van der Waals surface area (Å²) in [5.74, 6) is -0.657. The molecule has 0 saturated carbocycles. The van der Waals surface area contributed by atoms with Gasteiger partial charge in [0.1, 0.15) is 17.3 Å². The van der Waals surface area contributed by atoms with E-state index in [0.29, 0.717) is 47.8 Å². The summed E-state index contributed by atoms with van der Waals surface area (Å²) in [4.78, 5) is 48.0. The van der Waals surface area contributed by atoms with Crippen LogP contribution in [0, 0.1) is 11.6 Å². The highest BCUT2D eigenvalue weighted by Crippen LogP contribution is 2.41. The molecule has 3 aromatic heterocycles. The number of hydrogen-bond donors (Lipinski definition) is 1. The molecule has 0 unspecified atom stereocenters. The normalized spacial score (nSPS) is 20.0. The average molecular weight is 701 g/mol. The molecule has 1 amide bonds. The van der Waals surface area contributed by atoms with E-state index >= 15 is 8.78 Å². The number of nitrogens with one attached hydrogen (secondary N) is 1. The van der Waals surface area contributed by atoms with Crippen molar-refractivity contribution in [3.8, 4) is 16.9 Å². The van der Waals surface area contributed by atoms with Crippen LogP contribution in [0.1, 0.15) is 52.1 Å². The summed E-state index contributed by atoms with van der Waals surface area (Å²) in [5, 5.41) is 3.73. The Kier molecular flexibility index (Phi) is 9.38. The van der Waals surface area contributed by atoms with Crippen LogP contribution in [0.5, 0.6) is 0 Å². The molecular weight excluding hydrogens is 659 g/mol. The van der Waals surface area contributed by atoms with Crippen molar-refractivity contribution in [2.24, 2.45) is 0 Å². The third-order valence-corrected chi connectivity index (χ3v) is 11.1. The monoisotopic (exact) mass is 700 g/mol. The number of thioether (sulfide) groups is 1. The van der Waals surface area contributed by atoms with Crippen molar-refractivity contribution in [1.29, 1.82) is 0 Å². The number of pyridine rings is 2. The number of carbonyl (C=O) groups is 1. The van der Waals surface area contributed by atoms with E-state index in [1.54, 1.807) is 28.9 Å². The summed E-state index contributed by atoms with van der Waals surface area (Å²) >= 11 is 1.60. The van der Waals surface area contributed by atoms with E-state index in [9.17, 15) is 9.59 Å². The number of piperidine rings is 1. The van der Waals surface area contributed by atoms with Crippen LogP contribution >= 0.6 is 11.8 Å². The topological polar surface area (TPSA) is 99.5 Å². The van der Waals surface area contributed by atoms with Crippen molar-refractivity contribution in [3.63, 3.8) is 0 Å². The van der Waals surface area contributed by atoms with E-state index < -0.39 is 17.3 Å². The number of piperazine rings is 1. The molecule has 2 fully saturated rings. The highest BCUT2D eigenvalue weighted by atomic mass is 32.2. The number of halogens is 2. The van der Waals surface area contributed by atoms with Crippen molar-refractivity contribution in [2.45, 2.75) is 69.5 Å². The van der Waals surface area contributed by atoms with Gasteiger partial charge in [0.05, 0.1) is 22.3 Å². The van der Waals surface area contributed by atoms with Gasteiger partial charge < -0.3 is 20.0 Å². The molecule has 50 heavy (non-hydrogen) atoms. The Morgan fingerprint density at radius 2 is 1.84 bits per heavy atom. The SMILES string of the molecule is C=CC(=O)N1C[C@H](C)N(c2nc(=O)n3c4nc(c(F)cc24)-c2c(F)cccc2N(C2CCNCC2)CCSc2ccnc(C(C)C)c2-3)C[C@H]1C. The molecule has 3 aliphatic rings. The molecule has 7 rings (SSSR count). The smallest absolute Gasteiger partial charge is 0.355 e. The number of benzene rings is 1. The van der Waals surface area contributed by atoms with Crippen molar-refractivity contribution in [2.75, 3.05) is 48.3 Å².